The van der Waals surface area contributed by atoms with Crippen LogP contribution in [0.25, 0.3) is 0 Å². The maximum absolute atomic E-state index is 5.46. The Morgan fingerprint density at radius 2 is 1.80 bits per heavy atom. The van der Waals surface area contributed by atoms with Crippen molar-refractivity contribution in [3.8, 4) is 11.5 Å². The van der Waals surface area contributed by atoms with E-state index in [9.17, 15) is 0 Å². The van der Waals surface area contributed by atoms with Crippen LogP contribution in [-0.2, 0) is 6.54 Å². The number of ether oxygens (including phenoxy) is 2. The normalized spacial score (nSPS) is 27.1. The van der Waals surface area contributed by atoms with E-state index in [0.29, 0.717) is 18.6 Å². The van der Waals surface area contributed by atoms with Gasteiger partial charge >= 0.3 is 0 Å². The highest BCUT2D eigenvalue weighted by atomic mass is 16.7. The summed E-state index contributed by atoms with van der Waals surface area (Å²) in [5.74, 6) is 3.14. The molecule has 0 spiro atoms. The second-order valence-electron chi connectivity index (χ2n) is 6.25. The molecule has 1 N–H and O–H groups in total. The number of hydrogen-bond acceptors (Lipinski definition) is 4. The van der Waals surface area contributed by atoms with Crippen LogP contribution in [0.3, 0.4) is 0 Å². The molecule has 2 heterocycles. The maximum Gasteiger partial charge on any atom is 0.231 e. The third kappa shape index (κ3) is 3.25. The van der Waals surface area contributed by atoms with Gasteiger partial charge in [0.25, 0.3) is 0 Å². The van der Waals surface area contributed by atoms with Gasteiger partial charge in [-0.15, -0.1) is 0 Å². The molecule has 2 unspecified atom stereocenters. The van der Waals surface area contributed by atoms with Crippen LogP contribution in [0, 0.1) is 11.8 Å². The summed E-state index contributed by atoms with van der Waals surface area (Å²) in [7, 11) is 0. The van der Waals surface area contributed by atoms with Crippen molar-refractivity contribution in [3.05, 3.63) is 23.8 Å². The summed E-state index contributed by atoms with van der Waals surface area (Å²) in [6.07, 6.45) is 0. The Kier molecular flexibility index (Phi) is 4.13. The van der Waals surface area contributed by atoms with E-state index >= 15 is 0 Å². The quantitative estimate of drug-likeness (QED) is 0.897. The molecule has 0 amide bonds. The maximum atomic E-state index is 5.46. The molecular weight excluding hydrogens is 252 g/mol. The summed E-state index contributed by atoms with van der Waals surface area (Å²) in [6, 6.07) is 6.30. The minimum atomic E-state index is 0.349. The zero-order chi connectivity index (χ0) is 13.9. The minimum absolute atomic E-state index is 0.349. The molecule has 110 valence electrons. The Labute approximate surface area is 121 Å². The van der Waals surface area contributed by atoms with Crippen molar-refractivity contribution < 1.29 is 9.47 Å². The average molecular weight is 276 g/mol. The van der Waals surface area contributed by atoms with E-state index < -0.39 is 0 Å². The van der Waals surface area contributed by atoms with Gasteiger partial charge in [-0.2, -0.15) is 0 Å². The molecule has 2 aliphatic rings. The minimum Gasteiger partial charge on any atom is -0.454 e. The molecule has 3 rings (SSSR count). The van der Waals surface area contributed by atoms with Gasteiger partial charge in [-0.3, -0.25) is 4.90 Å². The van der Waals surface area contributed by atoms with Crippen molar-refractivity contribution in [2.24, 2.45) is 11.8 Å². The molecule has 0 radical (unpaired) electrons. The largest absolute Gasteiger partial charge is 0.454 e. The standard InChI is InChI=1S/C16H24N2O2/c1-12-6-17-7-13(2)9-18(8-12)10-14-3-4-15-16(5-14)20-11-19-15/h3-5,12-13,17H,6-11H2,1-2H3. The lowest BCUT2D eigenvalue weighted by Gasteiger charge is -2.31. The average Bonchev–Trinajstić information content (AvgIpc) is 2.84. The van der Waals surface area contributed by atoms with Crippen molar-refractivity contribution in [2.45, 2.75) is 20.4 Å². The van der Waals surface area contributed by atoms with Gasteiger partial charge in [0.2, 0.25) is 6.79 Å². The molecule has 1 aromatic rings. The van der Waals surface area contributed by atoms with Gasteiger partial charge in [0.1, 0.15) is 0 Å². The first-order valence-electron chi connectivity index (χ1n) is 7.52. The van der Waals surface area contributed by atoms with Gasteiger partial charge in [-0.1, -0.05) is 19.9 Å². The fraction of sp³-hybridized carbons (Fsp3) is 0.625. The third-order valence-corrected chi connectivity index (χ3v) is 3.97. The lowest BCUT2D eigenvalue weighted by atomic mass is 10.0. The van der Waals surface area contributed by atoms with Crippen molar-refractivity contribution in [3.63, 3.8) is 0 Å². The molecule has 1 fully saturated rings. The van der Waals surface area contributed by atoms with Gasteiger partial charge in [0.15, 0.2) is 11.5 Å². The van der Waals surface area contributed by atoms with Gasteiger partial charge in [-0.05, 0) is 42.6 Å². The molecule has 20 heavy (non-hydrogen) atoms. The lowest BCUT2D eigenvalue weighted by Crippen LogP contribution is -2.42. The van der Waals surface area contributed by atoms with Crippen LogP contribution >= 0.6 is 0 Å². The Bertz CT molecular complexity index is 452. The van der Waals surface area contributed by atoms with E-state index in [1.807, 2.05) is 6.07 Å². The van der Waals surface area contributed by atoms with Crippen molar-refractivity contribution in [1.82, 2.24) is 10.2 Å². The number of fused-ring (bicyclic) bond motifs is 1. The lowest BCUT2D eigenvalue weighted by molar-refractivity contribution is 0.173. The van der Waals surface area contributed by atoms with Gasteiger partial charge in [0.05, 0.1) is 0 Å². The monoisotopic (exact) mass is 276 g/mol. The van der Waals surface area contributed by atoms with E-state index in [1.54, 1.807) is 0 Å². The third-order valence-electron chi connectivity index (χ3n) is 3.97. The van der Waals surface area contributed by atoms with Crippen LogP contribution in [-0.4, -0.2) is 37.9 Å². The first-order valence-corrected chi connectivity index (χ1v) is 7.52. The number of benzene rings is 1. The van der Waals surface area contributed by atoms with Crippen molar-refractivity contribution in [2.75, 3.05) is 33.0 Å². The fourth-order valence-electron chi connectivity index (χ4n) is 3.09. The molecule has 0 aliphatic carbocycles. The van der Waals surface area contributed by atoms with Crippen molar-refractivity contribution >= 4 is 0 Å². The Hall–Kier alpha value is -1.26. The molecule has 4 heteroatoms. The number of hydrogen-bond donors (Lipinski definition) is 1. The summed E-state index contributed by atoms with van der Waals surface area (Å²) < 4.78 is 10.8. The van der Waals surface area contributed by atoms with Gasteiger partial charge in [-0.25, -0.2) is 0 Å². The smallest absolute Gasteiger partial charge is 0.231 e. The fourth-order valence-corrected chi connectivity index (χ4v) is 3.09. The van der Waals surface area contributed by atoms with Crippen LogP contribution in [0.15, 0.2) is 18.2 Å². The highest BCUT2D eigenvalue weighted by Crippen LogP contribution is 2.32. The van der Waals surface area contributed by atoms with Crippen LogP contribution in [0.5, 0.6) is 11.5 Å². The highest BCUT2D eigenvalue weighted by molar-refractivity contribution is 5.44. The first-order chi connectivity index (χ1) is 9.70. The Morgan fingerprint density at radius 1 is 1.10 bits per heavy atom. The molecule has 2 aliphatic heterocycles. The zero-order valence-corrected chi connectivity index (χ0v) is 12.4. The molecule has 2 atom stereocenters. The predicted molar refractivity (Wildman–Crippen MR) is 79.0 cm³/mol. The Balaban J connectivity index is 1.68. The number of nitrogens with one attached hydrogen (secondary N) is 1. The summed E-state index contributed by atoms with van der Waals surface area (Å²) in [6.45, 7) is 10.5. The highest BCUT2D eigenvalue weighted by Gasteiger charge is 2.19. The summed E-state index contributed by atoms with van der Waals surface area (Å²) >= 11 is 0. The number of nitrogens with zero attached hydrogens (tertiary/aromatic N) is 1. The zero-order valence-electron chi connectivity index (χ0n) is 12.4. The van der Waals surface area contributed by atoms with E-state index in [-0.39, 0.29) is 0 Å². The second kappa shape index (κ2) is 6.02. The number of rotatable bonds is 2. The second-order valence-corrected chi connectivity index (χ2v) is 6.25. The van der Waals surface area contributed by atoms with Crippen LogP contribution in [0.2, 0.25) is 0 Å². The SMILES string of the molecule is CC1CNCC(C)CN(Cc2ccc3c(c2)OCO3)C1. The molecular formula is C16H24N2O2. The first kappa shape index (κ1) is 13.7. The van der Waals surface area contributed by atoms with E-state index in [1.165, 1.54) is 5.56 Å². The molecule has 1 saturated heterocycles. The van der Waals surface area contributed by atoms with Gasteiger partial charge in [0, 0.05) is 19.6 Å². The molecule has 0 aromatic heterocycles. The molecule has 0 bridgehead atoms. The van der Waals surface area contributed by atoms with Crippen LogP contribution in [0.4, 0.5) is 0 Å². The Morgan fingerprint density at radius 3 is 2.55 bits per heavy atom. The van der Waals surface area contributed by atoms with Gasteiger partial charge < -0.3 is 14.8 Å². The summed E-state index contributed by atoms with van der Waals surface area (Å²) in [4.78, 5) is 2.56. The molecule has 4 nitrogen and oxygen atoms in total. The van der Waals surface area contributed by atoms with Crippen LogP contribution in [0.1, 0.15) is 19.4 Å². The van der Waals surface area contributed by atoms with E-state index in [2.05, 4.69) is 36.2 Å². The van der Waals surface area contributed by atoms with Crippen LogP contribution < -0.4 is 14.8 Å². The van der Waals surface area contributed by atoms with E-state index in [4.69, 9.17) is 9.47 Å². The van der Waals surface area contributed by atoms with E-state index in [0.717, 1.165) is 44.2 Å². The summed E-state index contributed by atoms with van der Waals surface area (Å²) in [5, 5.41) is 3.54. The molecule has 1 aromatic carbocycles. The molecule has 0 saturated carbocycles. The van der Waals surface area contributed by atoms with Crippen molar-refractivity contribution in [1.29, 1.82) is 0 Å². The summed E-state index contributed by atoms with van der Waals surface area (Å²) in [5.41, 5.74) is 1.31. The topological polar surface area (TPSA) is 33.7 Å². The predicted octanol–water partition coefficient (Wildman–Crippen LogP) is 2.09.